The third kappa shape index (κ3) is 27.1. The van der Waals surface area contributed by atoms with Crippen molar-refractivity contribution in [2.45, 2.75) is 0 Å². The van der Waals surface area contributed by atoms with Gasteiger partial charge in [-0.2, -0.15) is 8.79 Å². The van der Waals surface area contributed by atoms with E-state index in [0.29, 0.717) is 0 Å². The molecule has 0 bridgehead atoms. The largest absolute Gasteiger partial charge is 0.159 e. The summed E-state index contributed by atoms with van der Waals surface area (Å²) in [6.45, 7) is 0. The molecule has 30 valence electrons. The molecule has 5 heavy (non-hydrogen) atoms. The molecule has 0 aliphatic carbocycles. The molecule has 0 amide bonds. The molecule has 0 spiro atoms. The van der Waals surface area contributed by atoms with Crippen LogP contribution < -0.4 is 0 Å². The fourth-order valence-electron chi connectivity index (χ4n) is 0. The quantitative estimate of drug-likeness (QED) is 0.290. The van der Waals surface area contributed by atoms with Gasteiger partial charge in [-0.1, -0.05) is 0 Å². The first-order valence-electron chi connectivity index (χ1n) is 0.781. The summed E-state index contributed by atoms with van der Waals surface area (Å²) in [6.07, 6.45) is 0. The molecule has 0 saturated heterocycles. The summed E-state index contributed by atoms with van der Waals surface area (Å²) in [6, 6.07) is 0. The van der Waals surface area contributed by atoms with Crippen molar-refractivity contribution in [3.63, 3.8) is 0 Å². The van der Waals surface area contributed by atoms with E-state index >= 15 is 0 Å². The standard InChI is InChI=1S/Al.O.H5PSi.Ti.3H/c;;1-2;;;;/h;;1H2,2H3;;;;. The second-order valence-corrected chi connectivity index (χ2v) is 0. The Morgan fingerprint density at radius 2 is 1.40 bits per heavy atom. The van der Waals surface area contributed by atoms with E-state index < -0.39 is 0 Å². The Morgan fingerprint density at radius 1 is 1.40 bits per heavy atom. The molecule has 0 aliphatic rings. The average molecular weight is 158 g/mol. The molecule has 0 N–H and O–H groups in total. The van der Waals surface area contributed by atoms with Crippen LogP contribution in [0.3, 0.4) is 0 Å². The molecule has 0 saturated carbocycles. The van der Waals surface area contributed by atoms with Crippen molar-refractivity contribution in [3.05, 3.63) is 0 Å². The molecule has 0 aromatic carbocycles. The van der Waals surface area contributed by atoms with E-state index in [-0.39, 0.29) is 17.4 Å². The van der Waals surface area contributed by atoms with Crippen LogP contribution in [-0.4, -0.2) is 27.3 Å². The normalized spacial score (nSPS) is 2.40. The molecule has 1 unspecified atom stereocenters. The van der Waals surface area contributed by atoms with Gasteiger partial charge in [0.05, 0.1) is 0 Å². The molecule has 0 rings (SSSR count). The summed E-state index contributed by atoms with van der Waals surface area (Å²) >= 11 is 0.750. The van der Waals surface area contributed by atoms with Gasteiger partial charge in [-0.15, -0.1) is 0 Å². The Morgan fingerprint density at radius 3 is 1.40 bits per heavy atom. The van der Waals surface area contributed by atoms with Gasteiger partial charge < -0.3 is 0 Å². The first-order chi connectivity index (χ1) is 2.00. The van der Waals surface area contributed by atoms with Gasteiger partial charge in [-0.3, -0.25) is 0 Å². The van der Waals surface area contributed by atoms with Crippen molar-refractivity contribution < 1.29 is 23.7 Å². The number of hydrogen-bond donors (Lipinski definition) is 0. The summed E-state index contributed by atoms with van der Waals surface area (Å²) in [7, 11) is 3.78. The molecule has 0 heterocycles. The zero-order valence-corrected chi connectivity index (χ0v) is 7.20. The Labute approximate surface area is 59.6 Å². The van der Waals surface area contributed by atoms with Gasteiger partial charge in [-0.05, 0) is 0 Å². The SMILES string of the molecule is [AlH3].[O]=[Ti].[SiH3]P. The minimum atomic E-state index is 0. The van der Waals surface area contributed by atoms with Crippen LogP contribution in [0.15, 0.2) is 0 Å². The van der Waals surface area contributed by atoms with Crippen LogP contribution in [0.4, 0.5) is 0 Å². The van der Waals surface area contributed by atoms with Crippen LogP contribution in [0.1, 0.15) is 0 Å². The van der Waals surface area contributed by atoms with Gasteiger partial charge in [0, 0.05) is 9.91 Å². The first-order valence-corrected chi connectivity index (χ1v) is 6.04. The number of hydrogen-bond acceptors (Lipinski definition) is 1. The third-order valence-electron chi connectivity index (χ3n) is 0. The van der Waals surface area contributed by atoms with Crippen molar-refractivity contribution in [2.75, 3.05) is 0 Å². The molecule has 1 nitrogen and oxygen atoms in total. The summed E-state index contributed by atoms with van der Waals surface area (Å²) in [5.74, 6) is 0. The predicted octanol–water partition coefficient (Wildman–Crippen LogP) is -2.16. The van der Waals surface area contributed by atoms with E-state index in [4.69, 9.17) is 3.32 Å². The van der Waals surface area contributed by atoms with E-state index in [1.165, 1.54) is 9.91 Å². The smallest absolute Gasteiger partial charge is 0.0252 e. The maximum absolute atomic E-state index is 8.25. The molecule has 0 aromatic rings. The molecule has 0 radical (unpaired) electrons. The van der Waals surface area contributed by atoms with Crippen molar-refractivity contribution in [2.24, 2.45) is 0 Å². The van der Waals surface area contributed by atoms with E-state index in [1.54, 1.807) is 0 Å². The maximum Gasteiger partial charge on any atom is 0.0252 e. The monoisotopic (exact) mass is 158 g/mol. The van der Waals surface area contributed by atoms with Crippen LogP contribution in [-0.2, 0) is 23.7 Å². The molecule has 0 aliphatic heterocycles. The van der Waals surface area contributed by atoms with Crippen molar-refractivity contribution >= 4 is 36.1 Å². The fourth-order valence-corrected chi connectivity index (χ4v) is 0. The second-order valence-electron chi connectivity index (χ2n) is 0. The van der Waals surface area contributed by atoms with E-state index in [0.717, 1.165) is 20.4 Å². The van der Waals surface area contributed by atoms with Crippen LogP contribution >= 0.6 is 8.79 Å². The summed E-state index contributed by atoms with van der Waals surface area (Å²) < 4.78 is 8.25. The minimum Gasteiger partial charge on any atom is -0.159 e. The van der Waals surface area contributed by atoms with Crippen LogP contribution in [0.25, 0.3) is 0 Å². The summed E-state index contributed by atoms with van der Waals surface area (Å²) in [5.41, 5.74) is 0. The average Bonchev–Trinajstić information content (AvgIpc) is 1.50. The van der Waals surface area contributed by atoms with Gasteiger partial charge >= 0.3 is 23.7 Å². The fraction of sp³-hybridized carbons (Fsp3) is 0. The Hall–Kier alpha value is 1.69. The topological polar surface area (TPSA) is 17.1 Å². The van der Waals surface area contributed by atoms with Crippen molar-refractivity contribution in [1.29, 1.82) is 0 Å². The van der Waals surface area contributed by atoms with E-state index in [1.807, 2.05) is 0 Å². The zero-order chi connectivity index (χ0) is 4.00. The number of rotatable bonds is 0. The summed E-state index contributed by atoms with van der Waals surface area (Å²) in [4.78, 5) is 0. The third-order valence-corrected chi connectivity index (χ3v) is 0. The van der Waals surface area contributed by atoms with Gasteiger partial charge in [0.25, 0.3) is 0 Å². The zero-order valence-electron chi connectivity index (χ0n) is 2.49. The molecule has 5 heteroatoms. The Kier molecular flexibility index (Phi) is 139. The van der Waals surface area contributed by atoms with Crippen molar-refractivity contribution in [3.8, 4) is 0 Å². The Bertz CT molecular complexity index is 11.6. The van der Waals surface area contributed by atoms with Gasteiger partial charge in [0.1, 0.15) is 0 Å². The van der Waals surface area contributed by atoms with Gasteiger partial charge in [0.15, 0.2) is 17.4 Å². The molecule has 0 aromatic heterocycles. The van der Waals surface area contributed by atoms with Crippen molar-refractivity contribution in [1.82, 2.24) is 0 Å². The van der Waals surface area contributed by atoms with Crippen LogP contribution in [0.5, 0.6) is 0 Å². The van der Waals surface area contributed by atoms with Gasteiger partial charge in [-0.25, -0.2) is 0 Å². The second kappa shape index (κ2) is 43.7. The van der Waals surface area contributed by atoms with Crippen LogP contribution in [0.2, 0.25) is 0 Å². The van der Waals surface area contributed by atoms with E-state index in [2.05, 4.69) is 8.79 Å². The molecule has 1 atom stereocenters. The minimum absolute atomic E-state index is 0. The molecule has 0 fully saturated rings. The molecular weight excluding hydrogens is 150 g/mol. The summed E-state index contributed by atoms with van der Waals surface area (Å²) in [5, 5.41) is 0. The molecular formula is H8AlOPSiTi. The predicted molar refractivity (Wildman–Crippen MR) is 30.3 cm³/mol. The van der Waals surface area contributed by atoms with Gasteiger partial charge in [0.2, 0.25) is 0 Å². The Balaban J connectivity index is -0.0000000133. The van der Waals surface area contributed by atoms with E-state index in [9.17, 15) is 0 Å². The first kappa shape index (κ1) is 15.9. The maximum atomic E-state index is 8.25. The van der Waals surface area contributed by atoms with Crippen LogP contribution in [0, 0.1) is 0 Å².